The summed E-state index contributed by atoms with van der Waals surface area (Å²) in [4.78, 5) is 0. The number of aliphatic hydroxyl groups is 1. The van der Waals surface area contributed by atoms with Crippen LogP contribution < -0.4 is 0 Å². The van der Waals surface area contributed by atoms with Gasteiger partial charge in [0.05, 0.1) is 12.9 Å². The Morgan fingerprint density at radius 2 is 2.23 bits per heavy atom. The summed E-state index contributed by atoms with van der Waals surface area (Å²) in [5, 5.41) is 9.47. The summed E-state index contributed by atoms with van der Waals surface area (Å²) in [5.41, 5.74) is 0. The molecule has 2 unspecified atom stereocenters. The van der Waals surface area contributed by atoms with E-state index in [-0.39, 0.29) is 12.2 Å². The standard InChI is InChI=1S/C9H14O4/c1-9(2)12-5-7(13-9)8-6(10)3-4-11-8/h3-4,6-8,10H,5H2,1-2H3/t6-,7?,8?/m0/s1. The molecule has 2 aliphatic rings. The molecule has 2 rings (SSSR count). The molecule has 1 N–H and O–H groups in total. The molecule has 0 radical (unpaired) electrons. The summed E-state index contributed by atoms with van der Waals surface area (Å²) < 4.78 is 16.1. The van der Waals surface area contributed by atoms with Gasteiger partial charge >= 0.3 is 0 Å². The van der Waals surface area contributed by atoms with Crippen LogP contribution in [0.2, 0.25) is 0 Å². The van der Waals surface area contributed by atoms with Crippen molar-refractivity contribution in [1.82, 2.24) is 0 Å². The van der Waals surface area contributed by atoms with Gasteiger partial charge in [0.15, 0.2) is 11.9 Å². The normalized spacial score (nSPS) is 42.2. The predicted octanol–water partition coefficient (Wildman–Crippen LogP) is 0.411. The highest BCUT2D eigenvalue weighted by molar-refractivity contribution is 5.00. The molecule has 0 aromatic rings. The van der Waals surface area contributed by atoms with E-state index in [9.17, 15) is 5.11 Å². The number of ether oxygens (including phenoxy) is 3. The molecule has 2 heterocycles. The maximum absolute atomic E-state index is 9.47. The second-order valence-electron chi connectivity index (χ2n) is 3.79. The number of hydrogen-bond donors (Lipinski definition) is 1. The molecule has 0 aromatic carbocycles. The molecule has 2 aliphatic heterocycles. The molecule has 0 aromatic heterocycles. The van der Waals surface area contributed by atoms with E-state index in [1.54, 1.807) is 6.08 Å². The Balaban J connectivity index is 1.97. The van der Waals surface area contributed by atoms with E-state index in [4.69, 9.17) is 14.2 Å². The van der Waals surface area contributed by atoms with Crippen molar-refractivity contribution >= 4 is 0 Å². The van der Waals surface area contributed by atoms with E-state index >= 15 is 0 Å². The van der Waals surface area contributed by atoms with Crippen LogP contribution in [0.3, 0.4) is 0 Å². The lowest BCUT2D eigenvalue weighted by molar-refractivity contribution is -0.155. The van der Waals surface area contributed by atoms with Gasteiger partial charge in [-0.05, 0) is 19.9 Å². The molecule has 0 spiro atoms. The van der Waals surface area contributed by atoms with Crippen molar-refractivity contribution in [2.45, 2.75) is 37.9 Å². The minimum Gasteiger partial charge on any atom is -0.492 e. The molecule has 4 nitrogen and oxygen atoms in total. The SMILES string of the molecule is CC1(C)OCC(C2OC=C[C@@H]2O)O1. The molecule has 1 saturated heterocycles. The zero-order valence-corrected chi connectivity index (χ0v) is 7.77. The lowest BCUT2D eigenvalue weighted by atomic mass is 10.1. The number of hydrogen-bond acceptors (Lipinski definition) is 4. The highest BCUT2D eigenvalue weighted by Gasteiger charge is 2.41. The Morgan fingerprint density at radius 1 is 1.46 bits per heavy atom. The highest BCUT2D eigenvalue weighted by atomic mass is 16.7. The first-order valence-electron chi connectivity index (χ1n) is 4.40. The fourth-order valence-electron chi connectivity index (χ4n) is 1.59. The molecule has 1 fully saturated rings. The highest BCUT2D eigenvalue weighted by Crippen LogP contribution is 2.28. The summed E-state index contributed by atoms with van der Waals surface area (Å²) in [7, 11) is 0. The van der Waals surface area contributed by atoms with Crippen molar-refractivity contribution < 1.29 is 19.3 Å². The first-order chi connectivity index (χ1) is 6.08. The van der Waals surface area contributed by atoms with Crippen LogP contribution in [0.5, 0.6) is 0 Å². The van der Waals surface area contributed by atoms with E-state index in [0.29, 0.717) is 6.61 Å². The maximum Gasteiger partial charge on any atom is 0.163 e. The maximum atomic E-state index is 9.47. The molecule has 0 saturated carbocycles. The molecule has 3 atom stereocenters. The van der Waals surface area contributed by atoms with Gasteiger partial charge in [-0.15, -0.1) is 0 Å². The Labute approximate surface area is 77.1 Å². The smallest absolute Gasteiger partial charge is 0.163 e. The van der Waals surface area contributed by atoms with E-state index in [1.165, 1.54) is 6.26 Å². The lowest BCUT2D eigenvalue weighted by Gasteiger charge is -2.22. The average Bonchev–Trinajstić information content (AvgIpc) is 2.56. The van der Waals surface area contributed by atoms with Crippen LogP contribution in [0.1, 0.15) is 13.8 Å². The van der Waals surface area contributed by atoms with Gasteiger partial charge in [0.25, 0.3) is 0 Å². The van der Waals surface area contributed by atoms with Crippen LogP contribution in [0.25, 0.3) is 0 Å². The Bertz CT molecular complexity index is 224. The summed E-state index contributed by atoms with van der Waals surface area (Å²) in [6.07, 6.45) is 2.04. The van der Waals surface area contributed by atoms with Gasteiger partial charge < -0.3 is 19.3 Å². The minimum absolute atomic E-state index is 0.181. The average molecular weight is 186 g/mol. The second kappa shape index (κ2) is 2.97. The van der Waals surface area contributed by atoms with Gasteiger partial charge in [-0.2, -0.15) is 0 Å². The van der Waals surface area contributed by atoms with Crippen molar-refractivity contribution in [2.24, 2.45) is 0 Å². The van der Waals surface area contributed by atoms with E-state index in [0.717, 1.165) is 0 Å². The van der Waals surface area contributed by atoms with Crippen molar-refractivity contribution in [2.75, 3.05) is 6.61 Å². The molecule has 0 aliphatic carbocycles. The van der Waals surface area contributed by atoms with Crippen molar-refractivity contribution in [1.29, 1.82) is 0 Å². The zero-order valence-electron chi connectivity index (χ0n) is 7.77. The van der Waals surface area contributed by atoms with Crippen LogP contribution in [0, 0.1) is 0 Å². The van der Waals surface area contributed by atoms with Crippen LogP contribution in [0.15, 0.2) is 12.3 Å². The minimum atomic E-state index is -0.581. The predicted molar refractivity (Wildman–Crippen MR) is 44.9 cm³/mol. The van der Waals surface area contributed by atoms with Crippen molar-refractivity contribution in [3.05, 3.63) is 12.3 Å². The molecule has 4 heteroatoms. The zero-order chi connectivity index (χ0) is 9.47. The first-order valence-corrected chi connectivity index (χ1v) is 4.40. The third kappa shape index (κ3) is 1.70. The molecular weight excluding hydrogens is 172 g/mol. The van der Waals surface area contributed by atoms with Crippen LogP contribution >= 0.6 is 0 Å². The lowest BCUT2D eigenvalue weighted by Crippen LogP contribution is -2.37. The van der Waals surface area contributed by atoms with Gasteiger partial charge in [-0.1, -0.05) is 0 Å². The van der Waals surface area contributed by atoms with Crippen LogP contribution in [0.4, 0.5) is 0 Å². The summed E-state index contributed by atoms with van der Waals surface area (Å²) in [6, 6.07) is 0. The number of rotatable bonds is 1. The molecule has 13 heavy (non-hydrogen) atoms. The van der Waals surface area contributed by atoms with Gasteiger partial charge in [0.2, 0.25) is 0 Å². The fourth-order valence-corrected chi connectivity index (χ4v) is 1.59. The van der Waals surface area contributed by atoms with Gasteiger partial charge in [0.1, 0.15) is 12.2 Å². The van der Waals surface area contributed by atoms with E-state index in [2.05, 4.69) is 0 Å². The van der Waals surface area contributed by atoms with Gasteiger partial charge in [-0.25, -0.2) is 0 Å². The quantitative estimate of drug-likeness (QED) is 0.644. The topological polar surface area (TPSA) is 47.9 Å². The van der Waals surface area contributed by atoms with Crippen LogP contribution in [-0.2, 0) is 14.2 Å². The summed E-state index contributed by atoms with van der Waals surface area (Å²) in [6.45, 7) is 4.17. The Hall–Kier alpha value is -0.580. The Kier molecular flexibility index (Phi) is 2.06. The molecule has 0 bridgehead atoms. The third-order valence-corrected chi connectivity index (χ3v) is 2.24. The van der Waals surface area contributed by atoms with Crippen molar-refractivity contribution in [3.8, 4) is 0 Å². The monoisotopic (exact) mass is 186 g/mol. The molecule has 0 amide bonds. The molecular formula is C9H14O4. The van der Waals surface area contributed by atoms with Gasteiger partial charge in [0, 0.05) is 0 Å². The second-order valence-corrected chi connectivity index (χ2v) is 3.79. The third-order valence-electron chi connectivity index (χ3n) is 2.24. The largest absolute Gasteiger partial charge is 0.492 e. The van der Waals surface area contributed by atoms with E-state index in [1.807, 2.05) is 13.8 Å². The van der Waals surface area contributed by atoms with Crippen LogP contribution in [-0.4, -0.2) is 35.8 Å². The Morgan fingerprint density at radius 3 is 2.69 bits per heavy atom. The van der Waals surface area contributed by atoms with E-state index < -0.39 is 11.9 Å². The fraction of sp³-hybridized carbons (Fsp3) is 0.778. The van der Waals surface area contributed by atoms with Gasteiger partial charge in [-0.3, -0.25) is 0 Å². The van der Waals surface area contributed by atoms with Crippen molar-refractivity contribution in [3.63, 3.8) is 0 Å². The summed E-state index contributed by atoms with van der Waals surface area (Å²) in [5.74, 6) is -0.559. The number of aliphatic hydroxyl groups excluding tert-OH is 1. The first kappa shape index (κ1) is 8.99. The molecule has 74 valence electrons. The summed E-state index contributed by atoms with van der Waals surface area (Å²) >= 11 is 0.